The van der Waals surface area contributed by atoms with Crippen LogP contribution in [0, 0.1) is 5.92 Å². The van der Waals surface area contributed by atoms with Crippen LogP contribution in [-0.2, 0) is 13.7 Å². The van der Waals surface area contributed by atoms with Gasteiger partial charge in [-0.25, -0.2) is 0 Å². The molecule has 6 heteroatoms. The smallest absolute Gasteiger partial charge is 0.308 e. The molecule has 0 aromatic rings. The maximum Gasteiger partial charge on any atom is 0.308 e. The minimum atomic E-state index is -0.513. The van der Waals surface area contributed by atoms with Gasteiger partial charge in [0.25, 0.3) is 0 Å². The van der Waals surface area contributed by atoms with Crippen LogP contribution in [0.3, 0.4) is 0 Å². The Hall–Kier alpha value is -0.195. The van der Waals surface area contributed by atoms with Gasteiger partial charge in [0.1, 0.15) is 0 Å². The molecule has 0 amide bonds. The van der Waals surface area contributed by atoms with Gasteiger partial charge in [-0.05, 0) is 7.25 Å². The SMILES string of the molecule is [3H][B]SO[C@H](CC(=O)OC)C[C@H](O)[C@@H](C)CC. The number of aliphatic hydroxyl groups is 1. The first-order valence-electron chi connectivity index (χ1n) is 5.89. The van der Waals surface area contributed by atoms with Crippen LogP contribution in [-0.4, -0.2) is 38.8 Å². The van der Waals surface area contributed by atoms with Crippen molar-refractivity contribution in [2.24, 2.45) is 5.92 Å². The fraction of sp³-hybridized carbons (Fsp3) is 0.900. The second-order valence-corrected chi connectivity index (χ2v) is 4.17. The molecule has 4 nitrogen and oxygen atoms in total. The molecule has 0 spiro atoms. The topological polar surface area (TPSA) is 55.8 Å². The lowest BCUT2D eigenvalue weighted by Crippen LogP contribution is -2.26. The molecule has 0 aliphatic heterocycles. The summed E-state index contributed by atoms with van der Waals surface area (Å²) >= 11 is 0.853. The van der Waals surface area contributed by atoms with Crippen molar-refractivity contribution in [1.29, 1.82) is 1.34 Å². The number of carbonyl (C=O) groups excluding carboxylic acids is 1. The Morgan fingerprint density at radius 2 is 2.38 bits per heavy atom. The van der Waals surface area contributed by atoms with E-state index in [9.17, 15) is 9.90 Å². The van der Waals surface area contributed by atoms with Crippen molar-refractivity contribution >= 4 is 25.0 Å². The molecule has 93 valence electrons. The van der Waals surface area contributed by atoms with Crippen LogP contribution in [0.1, 0.15) is 33.1 Å². The Kier molecular flexibility index (Phi) is 7.71. The zero-order chi connectivity index (χ0) is 13.3. The summed E-state index contributed by atoms with van der Waals surface area (Å²) in [6, 6.07) is 0. The monoisotopic (exact) mass is 249 g/mol. The van der Waals surface area contributed by atoms with E-state index in [1.165, 1.54) is 7.11 Å². The minimum Gasteiger partial charge on any atom is -0.469 e. The van der Waals surface area contributed by atoms with Crippen molar-refractivity contribution in [3.63, 3.8) is 0 Å². The predicted molar refractivity (Wildman–Crippen MR) is 66.3 cm³/mol. The van der Waals surface area contributed by atoms with Gasteiger partial charge in [0.15, 0.2) is 0 Å². The maximum atomic E-state index is 11.2. The number of hydrogen-bond donors (Lipinski definition) is 1. The number of carbonyl (C=O) groups is 1. The highest BCUT2D eigenvalue weighted by atomic mass is 32.2. The highest BCUT2D eigenvalue weighted by Crippen LogP contribution is 2.19. The molecule has 1 N–H and O–H groups in total. The Morgan fingerprint density at radius 1 is 1.69 bits per heavy atom. The molecular formula is C10H20BO4S. The Balaban J connectivity index is 4.21. The molecule has 3 atom stereocenters. The van der Waals surface area contributed by atoms with Crippen LogP contribution < -0.4 is 0 Å². The first-order valence-corrected chi connectivity index (χ1v) is 6.12. The lowest BCUT2D eigenvalue weighted by molar-refractivity contribution is -0.142. The lowest BCUT2D eigenvalue weighted by Gasteiger charge is -2.22. The van der Waals surface area contributed by atoms with E-state index in [4.69, 9.17) is 5.52 Å². The van der Waals surface area contributed by atoms with Gasteiger partial charge < -0.3 is 14.0 Å². The van der Waals surface area contributed by atoms with Crippen molar-refractivity contribution in [3.8, 4) is 0 Å². The third-order valence-corrected chi connectivity index (χ3v) is 3.00. The molecule has 16 heavy (non-hydrogen) atoms. The minimum absolute atomic E-state index is 0.0881. The van der Waals surface area contributed by atoms with E-state index in [2.05, 4.69) is 4.74 Å². The van der Waals surface area contributed by atoms with E-state index in [-0.39, 0.29) is 18.3 Å². The standard InChI is InChI=1S/C10H20BO4S/c1-4-7(2)9(12)5-8(15-16-11)6-10(13)14-3/h7-9,11-12H,4-6H2,1-3H3/t7-,8-,9-/m0/s1/i11T. The Labute approximate surface area is 104 Å². The summed E-state index contributed by atoms with van der Waals surface area (Å²) in [6.45, 7) is 3.94. The average Bonchev–Trinajstić information content (AvgIpc) is 2.34. The van der Waals surface area contributed by atoms with Crippen LogP contribution in [0.25, 0.3) is 0 Å². The summed E-state index contributed by atoms with van der Waals surface area (Å²) in [5, 5.41) is 9.87. The first kappa shape index (κ1) is 13.9. The molecule has 0 rings (SSSR count). The Morgan fingerprint density at radius 3 is 2.88 bits per heavy atom. The molecule has 0 aliphatic rings. The molecule has 0 aliphatic carbocycles. The van der Waals surface area contributed by atoms with Crippen molar-refractivity contribution in [2.45, 2.75) is 45.3 Å². The van der Waals surface area contributed by atoms with Crippen LogP contribution >= 0.6 is 11.9 Å². The molecule has 0 saturated heterocycles. The Bertz CT molecular complexity index is 220. The molecule has 0 unspecified atom stereocenters. The largest absolute Gasteiger partial charge is 0.469 e. The summed E-state index contributed by atoms with van der Waals surface area (Å²) in [4.78, 5) is 11.2. The zero-order valence-corrected chi connectivity index (χ0v) is 10.8. The first-order chi connectivity index (χ1) is 8.04. The molecule has 0 aromatic carbocycles. The third kappa shape index (κ3) is 6.40. The second kappa shape index (κ2) is 8.90. The highest BCUT2D eigenvalue weighted by Gasteiger charge is 2.22. The van der Waals surface area contributed by atoms with Gasteiger partial charge in [-0.1, -0.05) is 32.2 Å². The van der Waals surface area contributed by atoms with Crippen LogP contribution in [0.4, 0.5) is 0 Å². The number of esters is 1. The number of hydrogen-bond acceptors (Lipinski definition) is 5. The van der Waals surface area contributed by atoms with E-state index >= 15 is 0 Å². The number of aliphatic hydroxyl groups excluding tert-OH is 1. The van der Waals surface area contributed by atoms with E-state index in [1.807, 2.05) is 13.8 Å². The predicted octanol–water partition coefficient (Wildman–Crippen LogP) is 1.20. The average molecular weight is 249 g/mol. The van der Waals surface area contributed by atoms with Crippen molar-refractivity contribution in [2.75, 3.05) is 7.11 Å². The highest BCUT2D eigenvalue weighted by molar-refractivity contribution is 8.15. The van der Waals surface area contributed by atoms with Gasteiger partial charge in [-0.2, -0.15) is 0 Å². The fourth-order valence-corrected chi connectivity index (χ4v) is 1.58. The van der Waals surface area contributed by atoms with E-state index in [0.29, 0.717) is 6.42 Å². The third-order valence-electron chi connectivity index (χ3n) is 2.62. The van der Waals surface area contributed by atoms with Crippen molar-refractivity contribution in [3.05, 3.63) is 0 Å². The molecule has 0 bridgehead atoms. The number of rotatable bonds is 9. The molecule has 1 radical (unpaired) electrons. The summed E-state index contributed by atoms with van der Waals surface area (Å²) < 4.78 is 16.7. The lowest BCUT2D eigenvalue weighted by atomic mass is 9.96. The van der Waals surface area contributed by atoms with E-state index in [1.54, 1.807) is 0 Å². The summed E-state index contributed by atoms with van der Waals surface area (Å²) in [6.07, 6.45) is 0.374. The molecule has 0 fully saturated rings. The van der Waals surface area contributed by atoms with E-state index < -0.39 is 12.2 Å². The molecule has 0 aromatic heterocycles. The molecule has 0 heterocycles. The summed E-state index contributed by atoms with van der Waals surface area (Å²) in [5.74, 6) is -0.222. The number of ether oxygens (including phenoxy) is 1. The molecule has 0 saturated carbocycles. The summed E-state index contributed by atoms with van der Waals surface area (Å²) in [7, 11) is 2.36. The number of methoxy groups -OCH3 is 1. The normalized spacial score (nSPS) is 17.1. The van der Waals surface area contributed by atoms with Gasteiger partial charge in [-0.3, -0.25) is 4.79 Å². The van der Waals surface area contributed by atoms with Gasteiger partial charge in [-0.15, -0.1) is 0 Å². The van der Waals surface area contributed by atoms with E-state index in [0.717, 1.165) is 25.4 Å². The maximum absolute atomic E-state index is 11.2. The summed E-state index contributed by atoms with van der Waals surface area (Å²) in [5.41, 5.74) is 0. The van der Waals surface area contributed by atoms with Crippen LogP contribution in [0.2, 0.25) is 0 Å². The van der Waals surface area contributed by atoms with Crippen molar-refractivity contribution < 1.29 is 18.8 Å². The van der Waals surface area contributed by atoms with Crippen molar-refractivity contribution in [1.82, 2.24) is 0 Å². The van der Waals surface area contributed by atoms with Gasteiger partial charge in [0.2, 0.25) is 7.09 Å². The molecular weight excluding hydrogens is 227 g/mol. The van der Waals surface area contributed by atoms with Crippen LogP contribution in [0.5, 0.6) is 0 Å². The second-order valence-electron chi connectivity index (χ2n) is 3.78. The van der Waals surface area contributed by atoms with Gasteiger partial charge >= 0.3 is 5.97 Å². The van der Waals surface area contributed by atoms with Gasteiger partial charge in [0, 0.05) is 6.42 Å². The zero-order valence-electron chi connectivity index (χ0n) is 11.0. The fourth-order valence-electron chi connectivity index (χ4n) is 1.28. The van der Waals surface area contributed by atoms with Gasteiger partial charge in [0.05, 0.1) is 25.7 Å². The van der Waals surface area contributed by atoms with Crippen LogP contribution in [0.15, 0.2) is 0 Å². The quantitative estimate of drug-likeness (QED) is 0.378.